The quantitative estimate of drug-likeness (QED) is 0.620. The van der Waals surface area contributed by atoms with E-state index in [4.69, 9.17) is 5.11 Å². The highest BCUT2D eigenvalue weighted by molar-refractivity contribution is 5.79. The van der Waals surface area contributed by atoms with E-state index in [1.165, 1.54) is 24.3 Å². The SMILES string of the molecule is CC(NCCc1ccc([N+](=O)[O-])cc1)(C(=O)O)C(F)(F)F. The fourth-order valence-corrected chi connectivity index (χ4v) is 1.54. The first-order valence-electron chi connectivity index (χ1n) is 5.86. The number of nitrogens with one attached hydrogen (secondary N) is 1. The molecule has 0 spiro atoms. The van der Waals surface area contributed by atoms with Gasteiger partial charge in [0.2, 0.25) is 5.54 Å². The van der Waals surface area contributed by atoms with Gasteiger partial charge in [-0.2, -0.15) is 13.2 Å². The Hall–Kier alpha value is -2.16. The fourth-order valence-electron chi connectivity index (χ4n) is 1.54. The molecule has 1 atom stereocenters. The molecule has 0 saturated heterocycles. The van der Waals surface area contributed by atoms with Gasteiger partial charge in [-0.1, -0.05) is 12.1 Å². The van der Waals surface area contributed by atoms with E-state index in [-0.39, 0.29) is 18.7 Å². The lowest BCUT2D eigenvalue weighted by molar-refractivity contribution is -0.384. The number of nitrogens with zero attached hydrogens (tertiary/aromatic N) is 1. The third-order valence-corrected chi connectivity index (χ3v) is 3.03. The largest absolute Gasteiger partial charge is 0.480 e. The topological polar surface area (TPSA) is 92.5 Å². The molecule has 0 aliphatic carbocycles. The molecule has 0 bridgehead atoms. The second kappa shape index (κ2) is 6.08. The summed E-state index contributed by atoms with van der Waals surface area (Å²) in [6.07, 6.45) is -4.83. The molecule has 0 fully saturated rings. The third kappa shape index (κ3) is 3.91. The molecule has 0 aromatic heterocycles. The van der Waals surface area contributed by atoms with Crippen molar-refractivity contribution in [2.75, 3.05) is 6.54 Å². The van der Waals surface area contributed by atoms with Crippen molar-refractivity contribution in [1.82, 2.24) is 5.32 Å². The normalized spacial score (nSPS) is 14.5. The molecule has 2 N–H and O–H groups in total. The average Bonchev–Trinajstić information content (AvgIpc) is 2.37. The Morgan fingerprint density at radius 1 is 1.33 bits per heavy atom. The maximum atomic E-state index is 12.7. The minimum Gasteiger partial charge on any atom is -0.480 e. The molecule has 0 aliphatic rings. The standard InChI is InChI=1S/C12H13F3N2O4/c1-11(10(18)19,12(13,14)15)16-7-6-8-2-4-9(5-3-8)17(20)21/h2-5,16H,6-7H2,1H3,(H,18,19). The van der Waals surface area contributed by atoms with Crippen LogP contribution in [0.5, 0.6) is 0 Å². The van der Waals surface area contributed by atoms with Crippen molar-refractivity contribution in [3.63, 3.8) is 0 Å². The third-order valence-electron chi connectivity index (χ3n) is 3.03. The molecule has 0 heterocycles. The predicted molar refractivity (Wildman–Crippen MR) is 66.9 cm³/mol. The van der Waals surface area contributed by atoms with E-state index in [0.717, 1.165) is 0 Å². The van der Waals surface area contributed by atoms with E-state index in [1.54, 1.807) is 0 Å². The Labute approximate surface area is 117 Å². The zero-order valence-corrected chi connectivity index (χ0v) is 11.0. The summed E-state index contributed by atoms with van der Waals surface area (Å²) in [6, 6.07) is 5.28. The highest BCUT2D eigenvalue weighted by Gasteiger charge is 2.56. The minimum absolute atomic E-state index is 0.108. The Balaban J connectivity index is 2.67. The van der Waals surface area contributed by atoms with Crippen LogP contribution in [0.4, 0.5) is 18.9 Å². The summed E-state index contributed by atoms with van der Waals surface area (Å²) < 4.78 is 38.1. The summed E-state index contributed by atoms with van der Waals surface area (Å²) in [5.41, 5.74) is -2.60. The van der Waals surface area contributed by atoms with Crippen LogP contribution in [0.15, 0.2) is 24.3 Å². The molecule has 9 heteroatoms. The van der Waals surface area contributed by atoms with E-state index < -0.39 is 22.6 Å². The first-order chi connectivity index (χ1) is 9.58. The van der Waals surface area contributed by atoms with Gasteiger partial charge in [-0.15, -0.1) is 0 Å². The van der Waals surface area contributed by atoms with Crippen molar-refractivity contribution in [3.05, 3.63) is 39.9 Å². The van der Waals surface area contributed by atoms with Crippen LogP contribution in [0.25, 0.3) is 0 Å². The highest BCUT2D eigenvalue weighted by atomic mass is 19.4. The molecule has 1 aromatic carbocycles. The first kappa shape index (κ1) is 16.9. The Morgan fingerprint density at radius 3 is 2.24 bits per heavy atom. The molecular formula is C12H13F3N2O4. The Bertz CT molecular complexity index is 530. The maximum Gasteiger partial charge on any atom is 0.417 e. The molecule has 116 valence electrons. The molecule has 0 saturated carbocycles. The van der Waals surface area contributed by atoms with Gasteiger partial charge in [0.1, 0.15) is 0 Å². The zero-order chi connectivity index (χ0) is 16.3. The van der Waals surface area contributed by atoms with Crippen LogP contribution in [0.2, 0.25) is 0 Å². The highest BCUT2D eigenvalue weighted by Crippen LogP contribution is 2.30. The summed E-state index contributed by atoms with van der Waals surface area (Å²) in [4.78, 5) is 20.6. The molecule has 0 radical (unpaired) electrons. The van der Waals surface area contributed by atoms with Crippen molar-refractivity contribution in [1.29, 1.82) is 0 Å². The van der Waals surface area contributed by atoms with Gasteiger partial charge in [0.05, 0.1) is 4.92 Å². The van der Waals surface area contributed by atoms with Crippen molar-refractivity contribution < 1.29 is 28.0 Å². The molecule has 1 rings (SSSR count). The van der Waals surface area contributed by atoms with Gasteiger partial charge in [0.15, 0.2) is 0 Å². The number of alkyl halides is 3. The van der Waals surface area contributed by atoms with Gasteiger partial charge in [-0.05, 0) is 18.9 Å². The van der Waals surface area contributed by atoms with Crippen LogP contribution in [0.3, 0.4) is 0 Å². The summed E-state index contributed by atoms with van der Waals surface area (Å²) >= 11 is 0. The molecule has 1 aromatic rings. The van der Waals surface area contributed by atoms with Gasteiger partial charge in [0.25, 0.3) is 5.69 Å². The van der Waals surface area contributed by atoms with E-state index in [0.29, 0.717) is 12.5 Å². The summed E-state index contributed by atoms with van der Waals surface area (Å²) in [6.45, 7) is 0.311. The number of halogens is 3. The molecule has 6 nitrogen and oxygen atoms in total. The second-order valence-corrected chi connectivity index (χ2v) is 4.53. The number of benzene rings is 1. The number of non-ortho nitro benzene ring substituents is 1. The summed E-state index contributed by atoms with van der Waals surface area (Å²) in [5.74, 6) is -2.02. The van der Waals surface area contributed by atoms with Crippen LogP contribution in [0.1, 0.15) is 12.5 Å². The lowest BCUT2D eigenvalue weighted by atomic mass is 10.0. The van der Waals surface area contributed by atoms with Gasteiger partial charge in [0, 0.05) is 18.7 Å². The number of hydrogen-bond donors (Lipinski definition) is 2. The van der Waals surface area contributed by atoms with E-state index >= 15 is 0 Å². The van der Waals surface area contributed by atoms with Gasteiger partial charge in [-0.3, -0.25) is 15.4 Å². The van der Waals surface area contributed by atoms with Crippen LogP contribution < -0.4 is 5.32 Å². The molecule has 0 aliphatic heterocycles. The minimum atomic E-state index is -4.94. The number of hydrogen-bond acceptors (Lipinski definition) is 4. The Morgan fingerprint density at radius 2 is 1.86 bits per heavy atom. The second-order valence-electron chi connectivity index (χ2n) is 4.53. The molecule has 1 unspecified atom stereocenters. The fraction of sp³-hybridized carbons (Fsp3) is 0.417. The van der Waals surface area contributed by atoms with Gasteiger partial charge in [-0.25, -0.2) is 4.79 Å². The predicted octanol–water partition coefficient (Wildman–Crippen LogP) is 2.13. The summed E-state index contributed by atoms with van der Waals surface area (Å²) in [7, 11) is 0. The molecule has 21 heavy (non-hydrogen) atoms. The maximum absolute atomic E-state index is 12.7. The number of nitro groups is 1. The number of aliphatic carboxylic acids is 1. The van der Waals surface area contributed by atoms with Crippen LogP contribution >= 0.6 is 0 Å². The lowest BCUT2D eigenvalue weighted by Gasteiger charge is -2.28. The lowest BCUT2D eigenvalue weighted by Crippen LogP contribution is -2.60. The van der Waals surface area contributed by atoms with E-state index in [2.05, 4.69) is 0 Å². The molecule has 0 amide bonds. The van der Waals surface area contributed by atoms with Crippen LogP contribution in [0, 0.1) is 10.1 Å². The first-order valence-corrected chi connectivity index (χ1v) is 5.86. The van der Waals surface area contributed by atoms with Crippen LogP contribution in [-0.4, -0.2) is 34.3 Å². The number of nitro benzene ring substituents is 1. The van der Waals surface area contributed by atoms with Gasteiger partial charge < -0.3 is 5.11 Å². The van der Waals surface area contributed by atoms with E-state index in [1.807, 2.05) is 5.32 Å². The van der Waals surface area contributed by atoms with Crippen molar-refractivity contribution in [2.45, 2.75) is 25.1 Å². The van der Waals surface area contributed by atoms with Crippen molar-refractivity contribution in [2.24, 2.45) is 0 Å². The van der Waals surface area contributed by atoms with Crippen molar-refractivity contribution in [3.8, 4) is 0 Å². The average molecular weight is 306 g/mol. The monoisotopic (exact) mass is 306 g/mol. The van der Waals surface area contributed by atoms with Crippen LogP contribution in [-0.2, 0) is 11.2 Å². The number of carboxylic acid groups (broad SMARTS) is 1. The smallest absolute Gasteiger partial charge is 0.417 e. The number of rotatable bonds is 6. The van der Waals surface area contributed by atoms with E-state index in [9.17, 15) is 28.1 Å². The van der Waals surface area contributed by atoms with Crippen molar-refractivity contribution >= 4 is 11.7 Å². The summed E-state index contributed by atoms with van der Waals surface area (Å²) in [5, 5.41) is 21.1. The molecular weight excluding hydrogens is 293 g/mol. The Kier molecular flexibility index (Phi) is 4.89. The van der Waals surface area contributed by atoms with Gasteiger partial charge >= 0.3 is 12.1 Å². The number of carboxylic acids is 1. The zero-order valence-electron chi connectivity index (χ0n) is 11.0. The number of carbonyl (C=O) groups is 1.